The Morgan fingerprint density at radius 3 is 2.62 bits per heavy atom. The molecule has 0 fully saturated rings. The topological polar surface area (TPSA) is 38.7 Å². The Morgan fingerprint density at radius 1 is 1.25 bits per heavy atom. The Bertz CT molecular complexity index is 387. The van der Waals surface area contributed by atoms with Crippen molar-refractivity contribution >= 4 is 0 Å². The maximum Gasteiger partial charge on any atom is 0.126 e. The van der Waals surface area contributed by atoms with Crippen LogP contribution in [-0.2, 0) is 6.42 Å². The highest BCUT2D eigenvalue weighted by Crippen LogP contribution is 2.40. The van der Waals surface area contributed by atoms with Gasteiger partial charge in [0, 0.05) is 11.6 Å². The van der Waals surface area contributed by atoms with Gasteiger partial charge in [-0.05, 0) is 30.4 Å². The van der Waals surface area contributed by atoms with Crippen molar-refractivity contribution in [2.75, 3.05) is 14.2 Å². The van der Waals surface area contributed by atoms with Crippen LogP contribution in [0.2, 0.25) is 0 Å². The Balaban J connectivity index is 2.51. The van der Waals surface area contributed by atoms with E-state index in [2.05, 4.69) is 6.92 Å². The zero-order chi connectivity index (χ0) is 11.7. The van der Waals surface area contributed by atoms with Crippen LogP contribution in [0.5, 0.6) is 11.5 Å². The van der Waals surface area contributed by atoms with Crippen LogP contribution in [-0.4, -0.2) is 25.4 Å². The van der Waals surface area contributed by atoms with E-state index in [4.69, 9.17) is 9.47 Å². The summed E-state index contributed by atoms with van der Waals surface area (Å²) < 4.78 is 10.6. The van der Waals surface area contributed by atoms with Crippen molar-refractivity contribution < 1.29 is 14.6 Å². The van der Waals surface area contributed by atoms with Crippen molar-refractivity contribution in [3.63, 3.8) is 0 Å². The van der Waals surface area contributed by atoms with Crippen molar-refractivity contribution in [2.45, 2.75) is 31.8 Å². The molecule has 0 spiro atoms. The molecule has 0 saturated heterocycles. The van der Waals surface area contributed by atoms with Crippen LogP contribution in [0.15, 0.2) is 12.1 Å². The van der Waals surface area contributed by atoms with Crippen molar-refractivity contribution in [2.24, 2.45) is 0 Å². The quantitative estimate of drug-likeness (QED) is 0.833. The molecular weight excluding hydrogens is 204 g/mol. The fourth-order valence-corrected chi connectivity index (χ4v) is 2.53. The van der Waals surface area contributed by atoms with Gasteiger partial charge in [-0.15, -0.1) is 0 Å². The van der Waals surface area contributed by atoms with E-state index in [0.717, 1.165) is 23.5 Å². The van der Waals surface area contributed by atoms with Gasteiger partial charge in [0.1, 0.15) is 11.5 Å². The van der Waals surface area contributed by atoms with Gasteiger partial charge in [-0.25, -0.2) is 0 Å². The summed E-state index contributed by atoms with van der Waals surface area (Å²) in [6.07, 6.45) is 1.24. The standard InChI is InChI=1S/C13H18O3/c1-8-4-10(14)5-9-6-11(15-2)7-12(16-3)13(8)9/h6-8,10,14H,4-5H2,1-3H3/t8-,10-/m1/s1. The molecule has 0 amide bonds. The third-order valence-electron chi connectivity index (χ3n) is 3.23. The van der Waals surface area contributed by atoms with Crippen LogP contribution in [0, 0.1) is 0 Å². The largest absolute Gasteiger partial charge is 0.497 e. The second kappa shape index (κ2) is 4.34. The third-order valence-corrected chi connectivity index (χ3v) is 3.23. The maximum atomic E-state index is 9.77. The number of aliphatic hydroxyl groups is 1. The second-order valence-electron chi connectivity index (χ2n) is 4.40. The maximum absolute atomic E-state index is 9.77. The van der Waals surface area contributed by atoms with Crippen LogP contribution < -0.4 is 9.47 Å². The van der Waals surface area contributed by atoms with Crippen LogP contribution in [0.1, 0.15) is 30.4 Å². The van der Waals surface area contributed by atoms with Gasteiger partial charge in [0.2, 0.25) is 0 Å². The molecule has 2 atom stereocenters. The van der Waals surface area contributed by atoms with Crippen LogP contribution in [0.3, 0.4) is 0 Å². The number of rotatable bonds is 2. The van der Waals surface area contributed by atoms with Crippen LogP contribution >= 0.6 is 0 Å². The van der Waals surface area contributed by atoms with E-state index in [1.54, 1.807) is 14.2 Å². The Kier molecular flexibility index (Phi) is 3.06. The predicted octanol–water partition coefficient (Wildman–Crippen LogP) is 2.11. The smallest absolute Gasteiger partial charge is 0.126 e. The lowest BCUT2D eigenvalue weighted by Crippen LogP contribution is -2.22. The van der Waals surface area contributed by atoms with Gasteiger partial charge in [0.15, 0.2) is 0 Å². The van der Waals surface area contributed by atoms with E-state index in [-0.39, 0.29) is 6.10 Å². The fraction of sp³-hybridized carbons (Fsp3) is 0.538. The first-order valence-electron chi connectivity index (χ1n) is 5.58. The van der Waals surface area contributed by atoms with Crippen molar-refractivity contribution in [3.8, 4) is 11.5 Å². The van der Waals surface area contributed by atoms with Gasteiger partial charge in [0.25, 0.3) is 0 Å². The molecule has 1 aromatic rings. The molecule has 2 rings (SSSR count). The molecular formula is C13H18O3. The molecule has 3 heteroatoms. The van der Waals surface area contributed by atoms with E-state index < -0.39 is 0 Å². The summed E-state index contributed by atoms with van der Waals surface area (Å²) in [7, 11) is 3.32. The minimum absolute atomic E-state index is 0.251. The highest BCUT2D eigenvalue weighted by atomic mass is 16.5. The van der Waals surface area contributed by atoms with E-state index in [9.17, 15) is 5.11 Å². The normalized spacial score (nSPS) is 23.8. The molecule has 0 heterocycles. The first-order chi connectivity index (χ1) is 7.65. The van der Waals surface area contributed by atoms with E-state index in [1.807, 2.05) is 12.1 Å². The number of hydrogen-bond donors (Lipinski definition) is 1. The predicted molar refractivity (Wildman–Crippen MR) is 62.3 cm³/mol. The van der Waals surface area contributed by atoms with Gasteiger partial charge < -0.3 is 14.6 Å². The van der Waals surface area contributed by atoms with Crippen LogP contribution in [0.4, 0.5) is 0 Å². The summed E-state index contributed by atoms with van der Waals surface area (Å²) in [5.41, 5.74) is 2.36. The number of benzene rings is 1. The molecule has 0 aromatic heterocycles. The summed E-state index contributed by atoms with van der Waals surface area (Å²) >= 11 is 0. The molecule has 88 valence electrons. The Hall–Kier alpha value is -1.22. The fourth-order valence-electron chi connectivity index (χ4n) is 2.53. The lowest BCUT2D eigenvalue weighted by atomic mass is 9.81. The molecule has 1 aliphatic carbocycles. The summed E-state index contributed by atoms with van der Waals surface area (Å²) in [5.74, 6) is 1.99. The van der Waals surface area contributed by atoms with Crippen molar-refractivity contribution in [1.29, 1.82) is 0 Å². The number of ether oxygens (including phenoxy) is 2. The number of fused-ring (bicyclic) bond motifs is 1. The lowest BCUT2D eigenvalue weighted by molar-refractivity contribution is 0.148. The van der Waals surface area contributed by atoms with Gasteiger partial charge >= 0.3 is 0 Å². The molecule has 1 N–H and O–H groups in total. The monoisotopic (exact) mass is 222 g/mol. The zero-order valence-corrected chi connectivity index (χ0v) is 9.99. The summed E-state index contributed by atoms with van der Waals surface area (Å²) in [5, 5.41) is 9.77. The van der Waals surface area contributed by atoms with Crippen molar-refractivity contribution in [3.05, 3.63) is 23.3 Å². The van der Waals surface area contributed by atoms with E-state index >= 15 is 0 Å². The first kappa shape index (κ1) is 11.3. The molecule has 0 unspecified atom stereocenters. The number of hydrogen-bond acceptors (Lipinski definition) is 3. The molecule has 0 saturated carbocycles. The second-order valence-corrected chi connectivity index (χ2v) is 4.40. The number of methoxy groups -OCH3 is 2. The third kappa shape index (κ3) is 1.87. The molecule has 0 aliphatic heterocycles. The minimum atomic E-state index is -0.251. The molecule has 1 aliphatic rings. The molecule has 0 radical (unpaired) electrons. The average Bonchev–Trinajstić information content (AvgIpc) is 2.26. The Morgan fingerprint density at radius 2 is 2.00 bits per heavy atom. The summed E-state index contributed by atoms with van der Waals surface area (Å²) in [4.78, 5) is 0. The molecule has 0 bridgehead atoms. The summed E-state index contributed by atoms with van der Waals surface area (Å²) in [6.45, 7) is 2.12. The minimum Gasteiger partial charge on any atom is -0.497 e. The number of aliphatic hydroxyl groups excluding tert-OH is 1. The molecule has 1 aromatic carbocycles. The van der Waals surface area contributed by atoms with Crippen LogP contribution in [0.25, 0.3) is 0 Å². The summed E-state index contributed by atoms with van der Waals surface area (Å²) in [6, 6.07) is 3.91. The lowest BCUT2D eigenvalue weighted by Gasteiger charge is -2.28. The van der Waals surface area contributed by atoms with Gasteiger partial charge in [-0.1, -0.05) is 6.92 Å². The van der Waals surface area contributed by atoms with E-state index in [0.29, 0.717) is 12.3 Å². The SMILES string of the molecule is COc1cc2c(c(OC)c1)[C@H](C)C[C@@H](O)C2. The van der Waals surface area contributed by atoms with Gasteiger partial charge in [-0.3, -0.25) is 0 Å². The Labute approximate surface area is 96.0 Å². The average molecular weight is 222 g/mol. The highest BCUT2D eigenvalue weighted by molar-refractivity contribution is 5.49. The van der Waals surface area contributed by atoms with Gasteiger partial charge in [0.05, 0.1) is 20.3 Å². The van der Waals surface area contributed by atoms with E-state index in [1.165, 1.54) is 5.56 Å². The van der Waals surface area contributed by atoms with Crippen molar-refractivity contribution in [1.82, 2.24) is 0 Å². The van der Waals surface area contributed by atoms with Gasteiger partial charge in [-0.2, -0.15) is 0 Å². The zero-order valence-electron chi connectivity index (χ0n) is 9.99. The highest BCUT2D eigenvalue weighted by Gasteiger charge is 2.26. The molecule has 3 nitrogen and oxygen atoms in total. The molecule has 16 heavy (non-hydrogen) atoms. The first-order valence-corrected chi connectivity index (χ1v) is 5.58.